The number of piperidine rings is 1. The molecule has 3 aromatic heterocycles. The van der Waals surface area contributed by atoms with Crippen LogP contribution in [-0.2, 0) is 11.8 Å². The highest BCUT2D eigenvalue weighted by atomic mass is 16.6. The van der Waals surface area contributed by atoms with Gasteiger partial charge in [0.25, 0.3) is 5.91 Å². The molecule has 0 radical (unpaired) electrons. The van der Waals surface area contributed by atoms with Crippen LogP contribution in [0.15, 0.2) is 42.7 Å². The summed E-state index contributed by atoms with van der Waals surface area (Å²) in [7, 11) is 3.66. The first kappa shape index (κ1) is 22.8. The van der Waals surface area contributed by atoms with Crippen molar-refractivity contribution in [2.45, 2.75) is 25.8 Å². The first-order valence-electron chi connectivity index (χ1n) is 11.8. The van der Waals surface area contributed by atoms with Crippen LogP contribution >= 0.6 is 0 Å². The van der Waals surface area contributed by atoms with E-state index >= 15 is 0 Å². The lowest BCUT2D eigenvalue weighted by Crippen LogP contribution is -2.46. The summed E-state index contributed by atoms with van der Waals surface area (Å²) in [5, 5.41) is 4.96. The monoisotopic (exact) mass is 475 g/mol. The smallest absolute Gasteiger partial charge is 0.409 e. The minimum Gasteiger partial charge on any atom is -0.497 e. The molecule has 9 heteroatoms. The van der Waals surface area contributed by atoms with Crippen molar-refractivity contribution in [2.24, 2.45) is 7.05 Å². The van der Waals surface area contributed by atoms with Gasteiger partial charge in [-0.1, -0.05) is 0 Å². The number of nitrogens with one attached hydrogen (secondary N) is 2. The largest absolute Gasteiger partial charge is 0.497 e. The van der Waals surface area contributed by atoms with Gasteiger partial charge in [0.1, 0.15) is 11.4 Å². The van der Waals surface area contributed by atoms with E-state index in [-0.39, 0.29) is 18.0 Å². The van der Waals surface area contributed by atoms with Crippen LogP contribution in [0.1, 0.15) is 30.1 Å². The second-order valence-electron chi connectivity index (χ2n) is 8.77. The number of fused-ring (bicyclic) bond motifs is 2. The number of H-pyrrole nitrogens is 1. The van der Waals surface area contributed by atoms with Crippen molar-refractivity contribution >= 4 is 33.9 Å². The number of rotatable bonds is 5. The molecule has 35 heavy (non-hydrogen) atoms. The van der Waals surface area contributed by atoms with Gasteiger partial charge >= 0.3 is 6.09 Å². The molecule has 1 fully saturated rings. The third-order valence-electron chi connectivity index (χ3n) is 6.62. The van der Waals surface area contributed by atoms with E-state index in [4.69, 9.17) is 9.47 Å². The average molecular weight is 476 g/mol. The quantitative estimate of drug-likeness (QED) is 0.453. The maximum Gasteiger partial charge on any atom is 0.409 e. The number of nitrogens with zero attached hydrogens (tertiary/aromatic N) is 3. The van der Waals surface area contributed by atoms with Crippen LogP contribution in [0.25, 0.3) is 33.2 Å². The summed E-state index contributed by atoms with van der Waals surface area (Å²) in [5.41, 5.74) is 4.21. The maximum atomic E-state index is 13.2. The zero-order valence-electron chi connectivity index (χ0n) is 20.1. The van der Waals surface area contributed by atoms with E-state index in [9.17, 15) is 9.59 Å². The van der Waals surface area contributed by atoms with Gasteiger partial charge in [-0.05, 0) is 50.1 Å². The van der Waals surface area contributed by atoms with Crippen LogP contribution in [0.5, 0.6) is 5.75 Å². The highest BCUT2D eigenvalue weighted by Gasteiger charge is 2.25. The molecular formula is C26H29N5O4. The van der Waals surface area contributed by atoms with Crippen molar-refractivity contribution in [1.82, 2.24) is 24.8 Å². The van der Waals surface area contributed by atoms with Crippen molar-refractivity contribution < 1.29 is 19.1 Å². The lowest BCUT2D eigenvalue weighted by atomic mass is 10.0. The van der Waals surface area contributed by atoms with Crippen molar-refractivity contribution in [1.29, 1.82) is 0 Å². The average Bonchev–Trinajstić information content (AvgIpc) is 3.45. The minimum atomic E-state index is -0.293. The molecule has 1 aromatic carbocycles. The first-order valence-corrected chi connectivity index (χ1v) is 11.8. The Balaban J connectivity index is 1.39. The zero-order chi connectivity index (χ0) is 24.5. The van der Waals surface area contributed by atoms with Crippen LogP contribution < -0.4 is 10.1 Å². The molecule has 0 saturated carbocycles. The number of ether oxygens (including phenoxy) is 2. The Bertz CT molecular complexity index is 1400. The molecule has 182 valence electrons. The molecule has 2 amide bonds. The van der Waals surface area contributed by atoms with Crippen molar-refractivity contribution in [3.63, 3.8) is 0 Å². The van der Waals surface area contributed by atoms with Crippen LogP contribution in [0, 0.1) is 0 Å². The van der Waals surface area contributed by atoms with Gasteiger partial charge in [-0.3, -0.25) is 4.79 Å². The predicted octanol–water partition coefficient (Wildman–Crippen LogP) is 4.08. The predicted molar refractivity (Wildman–Crippen MR) is 134 cm³/mol. The zero-order valence-corrected chi connectivity index (χ0v) is 20.1. The van der Waals surface area contributed by atoms with Crippen LogP contribution in [-0.4, -0.2) is 64.3 Å². The molecular weight excluding hydrogens is 446 g/mol. The Hall–Kier alpha value is -4.01. The Morgan fingerprint density at radius 1 is 1.17 bits per heavy atom. The minimum absolute atomic E-state index is 0.000311. The Kier molecular flexibility index (Phi) is 6.07. The van der Waals surface area contributed by atoms with E-state index in [0.717, 1.165) is 33.3 Å². The Labute approximate surface area is 203 Å². The molecule has 0 spiro atoms. The van der Waals surface area contributed by atoms with Gasteiger partial charge < -0.3 is 29.2 Å². The van der Waals surface area contributed by atoms with Gasteiger partial charge in [-0.2, -0.15) is 0 Å². The lowest BCUT2D eigenvalue weighted by Gasteiger charge is -2.31. The lowest BCUT2D eigenvalue weighted by molar-refractivity contribution is 0.0861. The molecule has 1 saturated heterocycles. The number of carbonyl (C=O) groups excluding carboxylic acids is 2. The van der Waals surface area contributed by atoms with Gasteiger partial charge in [0, 0.05) is 66.1 Å². The summed E-state index contributed by atoms with van der Waals surface area (Å²) >= 11 is 0. The SMILES string of the molecule is CCOC(=O)N1CCC(NC(=O)c2ccnc3[nH]c(-c4cn(C)c5ccc(OC)cc45)cc23)CC1. The van der Waals surface area contributed by atoms with Gasteiger partial charge in [-0.15, -0.1) is 0 Å². The molecule has 5 rings (SSSR count). The molecule has 0 unspecified atom stereocenters. The van der Waals surface area contributed by atoms with Crippen molar-refractivity contribution in [3.05, 3.63) is 48.3 Å². The third kappa shape index (κ3) is 4.29. The number of likely N-dealkylation sites (tertiary alicyclic amines) is 1. The molecule has 0 aliphatic carbocycles. The number of pyridine rings is 1. The highest BCUT2D eigenvalue weighted by Crippen LogP contribution is 2.34. The molecule has 9 nitrogen and oxygen atoms in total. The maximum absolute atomic E-state index is 13.2. The molecule has 1 aliphatic heterocycles. The fraction of sp³-hybridized carbons (Fsp3) is 0.346. The van der Waals surface area contributed by atoms with Crippen molar-refractivity contribution in [2.75, 3.05) is 26.8 Å². The number of amides is 2. The molecule has 2 N–H and O–H groups in total. The summed E-state index contributed by atoms with van der Waals surface area (Å²) in [6.45, 7) is 3.28. The highest BCUT2D eigenvalue weighted by molar-refractivity contribution is 6.07. The van der Waals surface area contributed by atoms with Gasteiger partial charge in [-0.25, -0.2) is 9.78 Å². The van der Waals surface area contributed by atoms with Crippen LogP contribution in [0.3, 0.4) is 0 Å². The second-order valence-corrected chi connectivity index (χ2v) is 8.77. The molecule has 4 heterocycles. The van der Waals surface area contributed by atoms with Crippen LogP contribution in [0.2, 0.25) is 0 Å². The number of benzene rings is 1. The Morgan fingerprint density at radius 3 is 2.71 bits per heavy atom. The van der Waals surface area contributed by atoms with Crippen LogP contribution in [0.4, 0.5) is 4.79 Å². The summed E-state index contributed by atoms with van der Waals surface area (Å²) in [4.78, 5) is 34.7. The molecule has 0 atom stereocenters. The fourth-order valence-corrected chi connectivity index (χ4v) is 4.77. The van der Waals surface area contributed by atoms with Crippen molar-refractivity contribution in [3.8, 4) is 17.0 Å². The number of aryl methyl sites for hydroxylation is 1. The summed E-state index contributed by atoms with van der Waals surface area (Å²) < 4.78 is 12.6. The molecule has 0 bridgehead atoms. The van der Waals surface area contributed by atoms with Gasteiger partial charge in [0.15, 0.2) is 0 Å². The van der Waals surface area contributed by atoms with Gasteiger partial charge in [0.05, 0.1) is 19.3 Å². The Morgan fingerprint density at radius 2 is 1.97 bits per heavy atom. The van der Waals surface area contributed by atoms with E-state index in [1.165, 1.54) is 0 Å². The number of aromatic nitrogens is 3. The standard InChI is InChI=1S/C26H29N5O4/c1-4-35-26(33)31-11-8-16(9-12-31)28-25(32)18-7-10-27-24-20(18)14-22(29-24)21-15-30(2)23-6-5-17(34-3)13-19(21)23/h5-7,10,13-16H,4,8-9,11-12H2,1-3H3,(H,27,29)(H,28,32). The number of hydrogen-bond donors (Lipinski definition) is 2. The van der Waals surface area contributed by atoms with E-state index in [1.807, 2.05) is 31.3 Å². The number of hydrogen-bond acceptors (Lipinski definition) is 5. The van der Waals surface area contributed by atoms with E-state index < -0.39 is 0 Å². The first-order chi connectivity index (χ1) is 17.0. The van der Waals surface area contributed by atoms with E-state index in [1.54, 1.807) is 31.2 Å². The third-order valence-corrected chi connectivity index (χ3v) is 6.62. The number of aromatic amines is 1. The second kappa shape index (κ2) is 9.32. The topological polar surface area (TPSA) is 101 Å². The summed E-state index contributed by atoms with van der Waals surface area (Å²) in [6, 6.07) is 9.72. The summed E-state index contributed by atoms with van der Waals surface area (Å²) in [5.74, 6) is 0.644. The molecule has 1 aliphatic rings. The fourth-order valence-electron chi connectivity index (χ4n) is 4.77. The van der Waals surface area contributed by atoms with Gasteiger partial charge in [0.2, 0.25) is 0 Å². The normalized spacial score (nSPS) is 14.4. The van der Waals surface area contributed by atoms with E-state index in [0.29, 0.717) is 43.7 Å². The number of methoxy groups -OCH3 is 1. The molecule has 4 aromatic rings. The number of carbonyl (C=O) groups is 2. The van der Waals surface area contributed by atoms with E-state index in [2.05, 4.69) is 26.0 Å². The summed E-state index contributed by atoms with van der Waals surface area (Å²) in [6.07, 6.45) is 4.79.